The molecule has 2 aromatic carbocycles. The molecule has 6 nitrogen and oxygen atoms in total. The monoisotopic (exact) mass is 431 g/mol. The van der Waals surface area contributed by atoms with Crippen LogP contribution in [0.5, 0.6) is 5.75 Å². The second-order valence-corrected chi connectivity index (χ2v) is 8.13. The molecule has 6 heteroatoms. The van der Waals surface area contributed by atoms with E-state index in [1.165, 1.54) is 0 Å². The van der Waals surface area contributed by atoms with Crippen molar-refractivity contribution in [1.29, 1.82) is 0 Å². The van der Waals surface area contributed by atoms with Crippen LogP contribution in [0.1, 0.15) is 35.8 Å². The van der Waals surface area contributed by atoms with Gasteiger partial charge in [0, 0.05) is 30.4 Å². The molecule has 2 amide bonds. The zero-order valence-corrected chi connectivity index (χ0v) is 18.6. The predicted molar refractivity (Wildman–Crippen MR) is 125 cm³/mol. The summed E-state index contributed by atoms with van der Waals surface area (Å²) in [5, 5.41) is 0. The van der Waals surface area contributed by atoms with Gasteiger partial charge in [0.2, 0.25) is 5.91 Å². The minimum Gasteiger partial charge on any atom is -0.494 e. The minimum atomic E-state index is -0.277. The van der Waals surface area contributed by atoms with Gasteiger partial charge < -0.3 is 19.9 Å². The highest BCUT2D eigenvalue weighted by molar-refractivity contribution is 5.97. The number of ether oxygens (including phenoxy) is 1. The predicted octanol–water partition coefficient (Wildman–Crippen LogP) is 4.19. The molecule has 32 heavy (non-hydrogen) atoms. The van der Waals surface area contributed by atoms with Crippen molar-refractivity contribution < 1.29 is 14.3 Å². The molecule has 3 aromatic rings. The van der Waals surface area contributed by atoms with E-state index in [0.717, 1.165) is 28.4 Å². The quantitative estimate of drug-likeness (QED) is 0.636. The van der Waals surface area contributed by atoms with Gasteiger partial charge in [0.05, 0.1) is 17.9 Å². The number of hydrogen-bond donors (Lipinski definition) is 1. The first-order chi connectivity index (χ1) is 15.5. The van der Waals surface area contributed by atoms with Crippen molar-refractivity contribution in [2.24, 2.45) is 11.7 Å². The highest BCUT2D eigenvalue weighted by Crippen LogP contribution is 2.31. The number of primary amides is 1. The molecule has 0 saturated carbocycles. The molecule has 0 bridgehead atoms. The molecule has 1 fully saturated rings. The Hall–Kier alpha value is -3.54. The first kappa shape index (κ1) is 21.7. The summed E-state index contributed by atoms with van der Waals surface area (Å²) in [5.41, 5.74) is 9.98. The van der Waals surface area contributed by atoms with Gasteiger partial charge >= 0.3 is 0 Å². The summed E-state index contributed by atoms with van der Waals surface area (Å²) in [5.74, 6) is 0.387. The third-order valence-electron chi connectivity index (χ3n) is 6.14. The fourth-order valence-electron chi connectivity index (χ4n) is 4.37. The zero-order valence-electron chi connectivity index (χ0n) is 18.6. The molecule has 2 heterocycles. The van der Waals surface area contributed by atoms with Gasteiger partial charge in [0.1, 0.15) is 5.75 Å². The number of carbonyl (C=O) groups is 2. The van der Waals surface area contributed by atoms with Crippen LogP contribution in [0.4, 0.5) is 0 Å². The Balaban J connectivity index is 1.71. The number of hydrogen-bond acceptors (Lipinski definition) is 3. The number of carbonyl (C=O) groups excluding carboxylic acids is 2. The van der Waals surface area contributed by atoms with Gasteiger partial charge in [-0.1, -0.05) is 30.3 Å². The molecule has 4 rings (SSSR count). The van der Waals surface area contributed by atoms with Crippen molar-refractivity contribution in [1.82, 2.24) is 9.47 Å². The second-order valence-electron chi connectivity index (χ2n) is 8.13. The Morgan fingerprint density at radius 1 is 1.03 bits per heavy atom. The van der Waals surface area contributed by atoms with E-state index >= 15 is 0 Å². The molecule has 1 aliphatic rings. The maximum absolute atomic E-state index is 13.4. The maximum Gasteiger partial charge on any atom is 0.255 e. The Kier molecular flexibility index (Phi) is 6.30. The number of nitrogens with two attached hydrogens (primary N) is 1. The second kappa shape index (κ2) is 9.30. The molecule has 1 aromatic heterocycles. The van der Waals surface area contributed by atoms with Crippen LogP contribution >= 0.6 is 0 Å². The molecular formula is C26H29N3O3. The van der Waals surface area contributed by atoms with E-state index in [1.54, 1.807) is 0 Å². The summed E-state index contributed by atoms with van der Waals surface area (Å²) in [6.45, 7) is 5.64. The molecule has 0 unspecified atom stereocenters. The fraction of sp³-hybridized carbons (Fsp3) is 0.308. The third-order valence-corrected chi connectivity index (χ3v) is 6.14. The van der Waals surface area contributed by atoms with Crippen LogP contribution in [0.15, 0.2) is 60.7 Å². The van der Waals surface area contributed by atoms with Crippen LogP contribution < -0.4 is 10.5 Å². The Labute approximate surface area is 188 Å². The van der Waals surface area contributed by atoms with E-state index in [2.05, 4.69) is 4.57 Å². The van der Waals surface area contributed by atoms with Gasteiger partial charge in [-0.05, 0) is 62.6 Å². The maximum atomic E-state index is 13.4. The molecule has 166 valence electrons. The minimum absolute atomic E-state index is 0.00714. The van der Waals surface area contributed by atoms with Crippen LogP contribution in [0.3, 0.4) is 0 Å². The number of nitrogens with zero attached hydrogens (tertiary/aromatic N) is 2. The van der Waals surface area contributed by atoms with Crippen molar-refractivity contribution in [3.05, 3.63) is 71.9 Å². The molecule has 1 aliphatic heterocycles. The fourth-order valence-corrected chi connectivity index (χ4v) is 4.37. The van der Waals surface area contributed by atoms with E-state index in [9.17, 15) is 9.59 Å². The van der Waals surface area contributed by atoms with E-state index < -0.39 is 0 Å². The van der Waals surface area contributed by atoms with Crippen LogP contribution in [-0.2, 0) is 4.79 Å². The summed E-state index contributed by atoms with van der Waals surface area (Å²) in [7, 11) is 0. The lowest BCUT2D eigenvalue weighted by molar-refractivity contribution is -0.123. The van der Waals surface area contributed by atoms with Crippen molar-refractivity contribution in [2.45, 2.75) is 26.7 Å². The number of amides is 2. The van der Waals surface area contributed by atoms with Crippen LogP contribution in [-0.4, -0.2) is 41.0 Å². The number of benzene rings is 2. The molecule has 0 atom stereocenters. The number of aromatic nitrogens is 1. The normalized spacial score (nSPS) is 14.4. The summed E-state index contributed by atoms with van der Waals surface area (Å²) in [6, 6.07) is 20.0. The van der Waals surface area contributed by atoms with E-state index in [-0.39, 0.29) is 17.7 Å². The van der Waals surface area contributed by atoms with E-state index in [4.69, 9.17) is 10.5 Å². The Morgan fingerprint density at radius 3 is 2.28 bits per heavy atom. The Morgan fingerprint density at radius 2 is 1.69 bits per heavy atom. The third kappa shape index (κ3) is 4.26. The van der Waals surface area contributed by atoms with Gasteiger partial charge in [0.15, 0.2) is 0 Å². The van der Waals surface area contributed by atoms with Gasteiger partial charge in [-0.2, -0.15) is 0 Å². The molecule has 1 saturated heterocycles. The van der Waals surface area contributed by atoms with Gasteiger partial charge in [-0.25, -0.2) is 0 Å². The van der Waals surface area contributed by atoms with Gasteiger partial charge in [0.25, 0.3) is 5.91 Å². The Bertz CT molecular complexity index is 1100. The molecule has 0 radical (unpaired) electrons. The molecule has 0 spiro atoms. The zero-order chi connectivity index (χ0) is 22.7. The van der Waals surface area contributed by atoms with Crippen molar-refractivity contribution >= 4 is 11.8 Å². The van der Waals surface area contributed by atoms with E-state index in [0.29, 0.717) is 38.1 Å². The standard InChI is InChI=1S/C26H29N3O3/c1-3-32-22-11-9-21(10-12-22)29-18(2)23(17-24(29)19-7-5-4-6-8-19)26(31)28-15-13-20(14-16-28)25(27)30/h4-12,17,20H,3,13-16H2,1-2H3,(H2,27,30). The highest BCUT2D eigenvalue weighted by atomic mass is 16.5. The SMILES string of the molecule is CCOc1ccc(-n2c(-c3ccccc3)cc(C(=O)N3CCC(C(N)=O)CC3)c2C)cc1. The topological polar surface area (TPSA) is 77.6 Å². The number of rotatable bonds is 6. The van der Waals surface area contributed by atoms with Crippen molar-refractivity contribution in [3.63, 3.8) is 0 Å². The van der Waals surface area contributed by atoms with E-state index in [1.807, 2.05) is 79.4 Å². The smallest absolute Gasteiger partial charge is 0.255 e. The van der Waals surface area contributed by atoms with Crippen molar-refractivity contribution in [3.8, 4) is 22.7 Å². The molecular weight excluding hydrogens is 402 g/mol. The van der Waals surface area contributed by atoms with Gasteiger partial charge in [-0.15, -0.1) is 0 Å². The highest BCUT2D eigenvalue weighted by Gasteiger charge is 2.29. The summed E-state index contributed by atoms with van der Waals surface area (Å²) in [6.07, 6.45) is 1.23. The van der Waals surface area contributed by atoms with Crippen LogP contribution in [0.2, 0.25) is 0 Å². The average Bonchev–Trinajstić information content (AvgIpc) is 3.17. The first-order valence-corrected chi connectivity index (χ1v) is 11.1. The average molecular weight is 432 g/mol. The number of piperidine rings is 1. The molecule has 2 N–H and O–H groups in total. The lowest BCUT2D eigenvalue weighted by Gasteiger charge is -2.30. The van der Waals surface area contributed by atoms with Crippen LogP contribution in [0, 0.1) is 12.8 Å². The summed E-state index contributed by atoms with van der Waals surface area (Å²) < 4.78 is 7.71. The number of likely N-dealkylation sites (tertiary alicyclic amines) is 1. The molecule has 0 aliphatic carbocycles. The lowest BCUT2D eigenvalue weighted by Crippen LogP contribution is -2.41. The summed E-state index contributed by atoms with van der Waals surface area (Å²) >= 11 is 0. The van der Waals surface area contributed by atoms with Crippen molar-refractivity contribution in [2.75, 3.05) is 19.7 Å². The van der Waals surface area contributed by atoms with Gasteiger partial charge in [-0.3, -0.25) is 9.59 Å². The lowest BCUT2D eigenvalue weighted by atomic mass is 9.96. The van der Waals surface area contributed by atoms with Crippen LogP contribution in [0.25, 0.3) is 16.9 Å². The largest absolute Gasteiger partial charge is 0.494 e. The first-order valence-electron chi connectivity index (χ1n) is 11.1. The summed E-state index contributed by atoms with van der Waals surface area (Å²) in [4.78, 5) is 26.8.